The number of nitriles is 1. The predicted octanol–water partition coefficient (Wildman–Crippen LogP) is 1.85. The normalized spacial score (nSPS) is 19.7. The second-order valence-corrected chi connectivity index (χ2v) is 6.43. The fourth-order valence-electron chi connectivity index (χ4n) is 1.76. The van der Waals surface area contributed by atoms with Crippen LogP contribution in [0.2, 0.25) is 0 Å². The average molecular weight is 241 g/mol. The zero-order valence-corrected chi connectivity index (χ0v) is 9.81. The highest BCUT2D eigenvalue weighted by molar-refractivity contribution is 7.87. The maximum atomic E-state index is 12.0. The van der Waals surface area contributed by atoms with Crippen LogP contribution in [0, 0.1) is 11.3 Å². The van der Waals surface area contributed by atoms with Gasteiger partial charge in [0.05, 0.1) is 10.8 Å². The molecule has 0 bridgehead atoms. The zero-order chi connectivity index (χ0) is 10.7. The number of rotatable bonds is 2. The zero-order valence-electron chi connectivity index (χ0n) is 8.18. The Balaban J connectivity index is 2.09. The molecule has 1 aliphatic carbocycles. The molecule has 4 nitrogen and oxygen atoms in total. The average Bonchev–Trinajstić information content (AvgIpc) is 2.78. The van der Waals surface area contributed by atoms with Gasteiger partial charge >= 0.3 is 0 Å². The standard InChI is InChI=1S/C9H11N3OS2/c10-6-8-11-12-9(14-8)15(13)7-4-2-1-3-5-7/h7H,1-5H2. The van der Waals surface area contributed by atoms with Crippen LogP contribution in [-0.2, 0) is 10.8 Å². The fourth-order valence-corrected chi connectivity index (χ4v) is 4.27. The minimum atomic E-state index is -1.06. The Kier molecular flexibility index (Phi) is 3.44. The lowest BCUT2D eigenvalue weighted by atomic mass is 10.0. The monoisotopic (exact) mass is 241 g/mol. The van der Waals surface area contributed by atoms with Gasteiger partial charge in [0.2, 0.25) is 9.35 Å². The molecule has 0 amide bonds. The van der Waals surface area contributed by atoms with Gasteiger partial charge in [0.25, 0.3) is 0 Å². The van der Waals surface area contributed by atoms with E-state index in [2.05, 4.69) is 10.2 Å². The highest BCUT2D eigenvalue weighted by atomic mass is 32.2. The van der Waals surface area contributed by atoms with Crippen molar-refractivity contribution in [2.75, 3.05) is 0 Å². The van der Waals surface area contributed by atoms with Crippen molar-refractivity contribution in [2.24, 2.45) is 0 Å². The SMILES string of the molecule is N#Cc1nnc(S(=O)C2CCCCC2)s1. The van der Waals surface area contributed by atoms with Crippen molar-refractivity contribution in [1.82, 2.24) is 10.2 Å². The topological polar surface area (TPSA) is 66.6 Å². The van der Waals surface area contributed by atoms with E-state index in [1.807, 2.05) is 6.07 Å². The van der Waals surface area contributed by atoms with E-state index < -0.39 is 10.8 Å². The van der Waals surface area contributed by atoms with Crippen LogP contribution in [-0.4, -0.2) is 19.7 Å². The van der Waals surface area contributed by atoms with E-state index in [-0.39, 0.29) is 5.25 Å². The van der Waals surface area contributed by atoms with Crippen LogP contribution in [0.4, 0.5) is 0 Å². The van der Waals surface area contributed by atoms with E-state index in [0.29, 0.717) is 9.35 Å². The van der Waals surface area contributed by atoms with Gasteiger partial charge < -0.3 is 0 Å². The molecule has 1 aliphatic rings. The molecule has 15 heavy (non-hydrogen) atoms. The molecule has 1 aromatic heterocycles. The largest absolute Gasteiger partial charge is 0.252 e. The Morgan fingerprint density at radius 3 is 2.67 bits per heavy atom. The van der Waals surface area contributed by atoms with Crippen molar-refractivity contribution in [2.45, 2.75) is 41.7 Å². The quantitative estimate of drug-likeness (QED) is 0.792. The van der Waals surface area contributed by atoms with E-state index in [9.17, 15) is 4.21 Å². The molecular weight excluding hydrogens is 230 g/mol. The lowest BCUT2D eigenvalue weighted by Gasteiger charge is -2.19. The van der Waals surface area contributed by atoms with Crippen molar-refractivity contribution < 1.29 is 4.21 Å². The molecule has 1 fully saturated rings. The van der Waals surface area contributed by atoms with Gasteiger partial charge in [-0.2, -0.15) is 5.26 Å². The van der Waals surface area contributed by atoms with Crippen LogP contribution in [0.5, 0.6) is 0 Å². The Hall–Kier alpha value is -0.800. The van der Waals surface area contributed by atoms with Crippen molar-refractivity contribution in [1.29, 1.82) is 5.26 Å². The molecule has 1 heterocycles. The summed E-state index contributed by atoms with van der Waals surface area (Å²) in [5.41, 5.74) is 0. The van der Waals surface area contributed by atoms with Gasteiger partial charge in [-0.1, -0.05) is 30.6 Å². The summed E-state index contributed by atoms with van der Waals surface area (Å²) >= 11 is 1.15. The van der Waals surface area contributed by atoms with Gasteiger partial charge in [0.1, 0.15) is 6.07 Å². The van der Waals surface area contributed by atoms with Crippen LogP contribution < -0.4 is 0 Å². The van der Waals surface area contributed by atoms with Crippen LogP contribution in [0.1, 0.15) is 37.1 Å². The van der Waals surface area contributed by atoms with E-state index in [1.165, 1.54) is 6.42 Å². The molecule has 1 atom stereocenters. The van der Waals surface area contributed by atoms with Crippen molar-refractivity contribution in [3.8, 4) is 6.07 Å². The minimum absolute atomic E-state index is 0.221. The molecule has 80 valence electrons. The lowest BCUT2D eigenvalue weighted by molar-refractivity contribution is 0.504. The molecular formula is C9H11N3OS2. The van der Waals surface area contributed by atoms with Crippen molar-refractivity contribution in [3.63, 3.8) is 0 Å². The molecule has 2 rings (SSSR count). The first-order valence-electron chi connectivity index (χ1n) is 4.95. The first kappa shape index (κ1) is 10.7. The minimum Gasteiger partial charge on any atom is -0.252 e. The Bertz CT molecular complexity index is 404. The first-order valence-corrected chi connectivity index (χ1v) is 6.98. The van der Waals surface area contributed by atoms with Crippen LogP contribution in [0.15, 0.2) is 4.34 Å². The molecule has 0 aliphatic heterocycles. The summed E-state index contributed by atoms with van der Waals surface area (Å²) in [5.74, 6) is 0. The summed E-state index contributed by atoms with van der Waals surface area (Å²) in [4.78, 5) is 0. The molecule has 0 spiro atoms. The Labute approximate surface area is 94.8 Å². The third-order valence-corrected chi connectivity index (χ3v) is 5.40. The molecule has 0 aromatic carbocycles. The summed E-state index contributed by atoms with van der Waals surface area (Å²) in [6, 6.07) is 1.92. The van der Waals surface area contributed by atoms with Gasteiger partial charge in [0.15, 0.2) is 0 Å². The lowest BCUT2D eigenvalue weighted by Crippen LogP contribution is -2.18. The summed E-state index contributed by atoms with van der Waals surface area (Å²) in [5, 5.41) is 16.6. The second kappa shape index (κ2) is 4.81. The third kappa shape index (κ3) is 2.41. The Morgan fingerprint density at radius 1 is 1.33 bits per heavy atom. The maximum absolute atomic E-state index is 12.0. The molecule has 1 unspecified atom stereocenters. The van der Waals surface area contributed by atoms with Crippen LogP contribution in [0.25, 0.3) is 0 Å². The van der Waals surface area contributed by atoms with Gasteiger partial charge in [-0.05, 0) is 12.8 Å². The molecule has 1 saturated carbocycles. The number of nitrogens with zero attached hydrogens (tertiary/aromatic N) is 3. The highest BCUT2D eigenvalue weighted by Crippen LogP contribution is 2.26. The number of hydrogen-bond acceptors (Lipinski definition) is 5. The third-order valence-electron chi connectivity index (χ3n) is 2.53. The van der Waals surface area contributed by atoms with Crippen molar-refractivity contribution in [3.05, 3.63) is 5.01 Å². The summed E-state index contributed by atoms with van der Waals surface area (Å²) in [6.45, 7) is 0. The van der Waals surface area contributed by atoms with Gasteiger partial charge in [0, 0.05) is 5.25 Å². The van der Waals surface area contributed by atoms with E-state index in [4.69, 9.17) is 5.26 Å². The summed E-state index contributed by atoms with van der Waals surface area (Å²) in [7, 11) is -1.06. The van der Waals surface area contributed by atoms with Gasteiger partial charge in [-0.25, -0.2) is 0 Å². The van der Waals surface area contributed by atoms with Gasteiger partial charge in [-0.3, -0.25) is 4.21 Å². The second-order valence-electron chi connectivity index (χ2n) is 3.54. The molecule has 0 radical (unpaired) electrons. The van der Waals surface area contributed by atoms with E-state index in [1.54, 1.807) is 0 Å². The number of hydrogen-bond donors (Lipinski definition) is 0. The first-order chi connectivity index (χ1) is 7.31. The molecule has 0 N–H and O–H groups in total. The number of aromatic nitrogens is 2. The molecule has 1 aromatic rings. The predicted molar refractivity (Wildman–Crippen MR) is 57.9 cm³/mol. The highest BCUT2D eigenvalue weighted by Gasteiger charge is 2.23. The molecule has 6 heteroatoms. The fraction of sp³-hybridized carbons (Fsp3) is 0.667. The smallest absolute Gasteiger partial charge is 0.218 e. The van der Waals surface area contributed by atoms with Crippen LogP contribution in [0.3, 0.4) is 0 Å². The maximum Gasteiger partial charge on any atom is 0.218 e. The Morgan fingerprint density at radius 2 is 2.07 bits per heavy atom. The summed E-state index contributed by atoms with van der Waals surface area (Å²) in [6.07, 6.45) is 5.57. The van der Waals surface area contributed by atoms with E-state index in [0.717, 1.165) is 37.0 Å². The van der Waals surface area contributed by atoms with Crippen LogP contribution >= 0.6 is 11.3 Å². The van der Waals surface area contributed by atoms with Crippen molar-refractivity contribution >= 4 is 22.1 Å². The molecule has 0 saturated heterocycles. The van der Waals surface area contributed by atoms with Gasteiger partial charge in [-0.15, -0.1) is 10.2 Å². The van der Waals surface area contributed by atoms with E-state index >= 15 is 0 Å². The summed E-state index contributed by atoms with van der Waals surface area (Å²) < 4.78 is 12.6.